The summed E-state index contributed by atoms with van der Waals surface area (Å²) in [6.45, 7) is 0.136. The second-order valence-corrected chi connectivity index (χ2v) is 15.0. The zero-order valence-corrected chi connectivity index (χ0v) is 24.2. The number of nitrogens with one attached hydrogen (secondary N) is 2. The van der Waals surface area contributed by atoms with Crippen LogP contribution >= 0.6 is 28.9 Å². The van der Waals surface area contributed by atoms with E-state index in [0.717, 1.165) is 19.0 Å². The van der Waals surface area contributed by atoms with Gasteiger partial charge in [-0.3, -0.25) is 14.4 Å². The highest BCUT2D eigenvalue weighted by Crippen LogP contribution is 2.55. The van der Waals surface area contributed by atoms with Crippen LogP contribution in [0.1, 0.15) is 12.8 Å². The molecule has 3 rings (SSSR count). The van der Waals surface area contributed by atoms with Gasteiger partial charge in [0.2, 0.25) is 11.8 Å². The molecule has 10 heteroatoms. The average molecular weight is 585 g/mol. The van der Waals surface area contributed by atoms with Gasteiger partial charge in [0, 0.05) is 12.3 Å². The van der Waals surface area contributed by atoms with Crippen molar-refractivity contribution in [1.29, 1.82) is 0 Å². The number of carboxylic acids is 1. The fourth-order valence-corrected chi connectivity index (χ4v) is 10.6. The van der Waals surface area contributed by atoms with Crippen LogP contribution in [0.2, 0.25) is 0 Å². The van der Waals surface area contributed by atoms with Gasteiger partial charge in [-0.15, -0.1) is 0 Å². The van der Waals surface area contributed by atoms with Gasteiger partial charge in [0.15, 0.2) is 0 Å². The van der Waals surface area contributed by atoms with Gasteiger partial charge in [-0.2, -0.15) is 0 Å². The maximum absolute atomic E-state index is 12.3. The van der Waals surface area contributed by atoms with Crippen molar-refractivity contribution in [3.05, 3.63) is 91.0 Å². The van der Waals surface area contributed by atoms with Crippen LogP contribution in [-0.2, 0) is 14.4 Å². The molecule has 7 nitrogen and oxygen atoms in total. The molecule has 3 aromatic carbocycles. The lowest BCUT2D eigenvalue weighted by Crippen LogP contribution is -2.43. The van der Waals surface area contributed by atoms with Crippen molar-refractivity contribution >= 4 is 62.5 Å². The zero-order chi connectivity index (χ0) is 27.9. The van der Waals surface area contributed by atoms with Crippen LogP contribution in [0, 0.1) is 0 Å². The Balaban J connectivity index is 1.51. The first-order valence-corrected chi connectivity index (χ1v) is 17.2. The van der Waals surface area contributed by atoms with Crippen molar-refractivity contribution in [2.45, 2.75) is 18.9 Å². The zero-order valence-electron chi connectivity index (χ0n) is 21.7. The Bertz CT molecular complexity index is 1090. The van der Waals surface area contributed by atoms with Gasteiger partial charge in [-0.1, -0.05) is 76.2 Å². The number of hydrogen-bond acceptors (Lipinski definition) is 6. The highest BCUT2D eigenvalue weighted by atomic mass is 33.1. The lowest BCUT2D eigenvalue weighted by Gasteiger charge is -2.27. The number of hydrogen-bond donors (Lipinski definition) is 4. The minimum absolute atomic E-state index is 0.0633. The number of nitrogens with two attached hydrogens (primary N) is 1. The molecule has 5 N–H and O–H groups in total. The lowest BCUT2D eigenvalue weighted by atomic mass is 10.3. The minimum Gasteiger partial charge on any atom is -0.480 e. The van der Waals surface area contributed by atoms with Crippen molar-refractivity contribution in [2.75, 3.05) is 30.8 Å². The van der Waals surface area contributed by atoms with Crippen molar-refractivity contribution < 1.29 is 19.5 Å². The summed E-state index contributed by atoms with van der Waals surface area (Å²) in [5, 5.41) is 17.9. The molecule has 0 spiro atoms. The first-order valence-electron chi connectivity index (χ1n) is 12.7. The Morgan fingerprint density at radius 2 is 1.28 bits per heavy atom. The summed E-state index contributed by atoms with van der Waals surface area (Å²) in [6.07, 6.45) is 2.84. The van der Waals surface area contributed by atoms with Gasteiger partial charge in [-0.05, 0) is 49.2 Å². The van der Waals surface area contributed by atoms with E-state index in [-0.39, 0.29) is 17.4 Å². The van der Waals surface area contributed by atoms with Gasteiger partial charge >= 0.3 is 5.97 Å². The van der Waals surface area contributed by atoms with Crippen molar-refractivity contribution in [1.82, 2.24) is 10.6 Å². The third-order valence-corrected chi connectivity index (χ3v) is 12.9. The summed E-state index contributed by atoms with van der Waals surface area (Å²) in [5.41, 5.74) is 5.76. The maximum atomic E-state index is 12.3. The monoisotopic (exact) mass is 584 g/mol. The smallest absolute Gasteiger partial charge is 0.322 e. The minimum atomic E-state index is -1.86. The van der Waals surface area contributed by atoms with Gasteiger partial charge in [-0.25, -0.2) is 0 Å². The molecule has 0 saturated carbocycles. The number of carbonyl (C=O) groups excluding carboxylic acids is 2. The fraction of sp³-hybridized carbons (Fsp3) is 0.276. The standard InChI is InChI=1S/C29H34N3O4PS2/c30-26(29(36)32-20-28(34)35)21-38-39-22-27(33)31-18-10-11-19-37(23-12-4-1-5-13-23,24-14-6-2-7-15-24)25-16-8-3-9-17-25/h1-9,12-17,26H,10-11,18-22,30H2,(H2-,31,32,33,34,35,36)/p+1/t26-/m0/s1. The first-order chi connectivity index (χ1) is 18.9. The predicted octanol–water partition coefficient (Wildman–Crippen LogP) is 2.79. The van der Waals surface area contributed by atoms with Gasteiger partial charge in [0.1, 0.15) is 29.7 Å². The molecule has 206 valence electrons. The molecule has 0 heterocycles. The largest absolute Gasteiger partial charge is 0.480 e. The van der Waals surface area contributed by atoms with Crippen LogP contribution in [0.25, 0.3) is 0 Å². The summed E-state index contributed by atoms with van der Waals surface area (Å²) in [5.74, 6) is -1.17. The molecule has 2 amide bonds. The topological polar surface area (TPSA) is 122 Å². The number of carbonyl (C=O) groups is 3. The van der Waals surface area contributed by atoms with E-state index in [1.54, 1.807) is 0 Å². The Kier molecular flexibility index (Phi) is 12.8. The molecule has 1 atom stereocenters. The number of aliphatic carboxylic acids is 1. The average Bonchev–Trinajstić information content (AvgIpc) is 2.97. The molecule has 0 radical (unpaired) electrons. The van der Waals surface area contributed by atoms with Crippen LogP contribution in [0.3, 0.4) is 0 Å². The molecule has 0 aromatic heterocycles. The molecule has 39 heavy (non-hydrogen) atoms. The number of benzene rings is 3. The van der Waals surface area contributed by atoms with Crippen LogP contribution in [0.5, 0.6) is 0 Å². The van der Waals surface area contributed by atoms with Gasteiger partial charge in [0.05, 0.1) is 18.0 Å². The SMILES string of the molecule is N[C@@H](CSSCC(=O)NCCCC[P+](c1ccccc1)(c1ccccc1)c1ccccc1)C(=O)NCC(=O)O. The molecule has 0 aliphatic carbocycles. The predicted molar refractivity (Wildman–Crippen MR) is 166 cm³/mol. The molecule has 0 unspecified atom stereocenters. The Hall–Kier alpha value is -2.84. The van der Waals surface area contributed by atoms with Gasteiger partial charge in [0.25, 0.3) is 0 Å². The molecule has 0 aliphatic heterocycles. The normalized spacial score (nSPS) is 11.9. The summed E-state index contributed by atoms with van der Waals surface area (Å²) in [7, 11) is 0.780. The summed E-state index contributed by atoms with van der Waals surface area (Å²) < 4.78 is 0. The highest BCUT2D eigenvalue weighted by Gasteiger charge is 2.44. The van der Waals surface area contributed by atoms with Crippen LogP contribution < -0.4 is 32.3 Å². The van der Waals surface area contributed by atoms with Crippen molar-refractivity contribution in [3.8, 4) is 0 Å². The Morgan fingerprint density at radius 3 is 1.77 bits per heavy atom. The Labute approximate surface area is 238 Å². The second-order valence-electron chi connectivity index (χ2n) is 8.86. The highest BCUT2D eigenvalue weighted by molar-refractivity contribution is 8.76. The quantitative estimate of drug-likeness (QED) is 0.116. The van der Waals surface area contributed by atoms with E-state index in [0.29, 0.717) is 6.54 Å². The van der Waals surface area contributed by atoms with E-state index >= 15 is 0 Å². The van der Waals surface area contributed by atoms with Crippen molar-refractivity contribution in [2.24, 2.45) is 5.73 Å². The van der Waals surface area contributed by atoms with Crippen LogP contribution in [0.4, 0.5) is 0 Å². The van der Waals surface area contributed by atoms with E-state index in [9.17, 15) is 14.4 Å². The van der Waals surface area contributed by atoms with E-state index in [4.69, 9.17) is 10.8 Å². The van der Waals surface area contributed by atoms with Crippen LogP contribution in [0.15, 0.2) is 91.0 Å². The van der Waals surface area contributed by atoms with E-state index in [1.807, 2.05) is 0 Å². The number of rotatable bonds is 16. The molecule has 3 aromatic rings. The van der Waals surface area contributed by atoms with Gasteiger partial charge < -0.3 is 21.5 Å². The number of amides is 2. The molecule has 0 aliphatic rings. The van der Waals surface area contributed by atoms with Crippen LogP contribution in [-0.4, -0.2) is 59.7 Å². The number of unbranched alkanes of at least 4 members (excludes halogenated alkanes) is 1. The van der Waals surface area contributed by atoms with E-state index in [2.05, 4.69) is 102 Å². The summed E-state index contributed by atoms with van der Waals surface area (Å²) >= 11 is 0. The summed E-state index contributed by atoms with van der Waals surface area (Å²) in [4.78, 5) is 34.6. The van der Waals surface area contributed by atoms with E-state index < -0.39 is 31.7 Å². The maximum Gasteiger partial charge on any atom is 0.322 e. The first kappa shape index (κ1) is 30.7. The van der Waals surface area contributed by atoms with Crippen molar-refractivity contribution in [3.63, 3.8) is 0 Å². The third-order valence-electron chi connectivity index (χ3n) is 6.10. The number of carboxylic acid groups (broad SMARTS) is 1. The molecule has 0 fully saturated rings. The Morgan fingerprint density at radius 1 is 0.769 bits per heavy atom. The lowest BCUT2D eigenvalue weighted by molar-refractivity contribution is -0.138. The second kappa shape index (κ2) is 16.3. The molecular formula is C29H35N3O4PS2+. The molecular weight excluding hydrogens is 549 g/mol. The molecule has 0 saturated heterocycles. The van der Waals surface area contributed by atoms with E-state index in [1.165, 1.54) is 37.5 Å². The fourth-order valence-electron chi connectivity index (χ4n) is 4.22. The summed E-state index contributed by atoms with van der Waals surface area (Å²) in [6, 6.07) is 31.5. The third kappa shape index (κ3) is 9.39. The molecule has 0 bridgehead atoms.